The maximum Gasteiger partial charge on any atom is 0.226 e. The van der Waals surface area contributed by atoms with Gasteiger partial charge in [-0.1, -0.05) is 40.7 Å². The Balaban J connectivity index is 4.77. The van der Waals surface area contributed by atoms with Crippen LogP contribution in [0.5, 0.6) is 0 Å². The van der Waals surface area contributed by atoms with Crippen molar-refractivity contribution in [3.63, 3.8) is 0 Å². The van der Waals surface area contributed by atoms with Crippen LogP contribution in [0.2, 0.25) is 0 Å². The third-order valence-corrected chi connectivity index (χ3v) is 3.35. The molecule has 0 saturated heterocycles. The number of carbonyl (C=O) groups excluding carboxylic acids is 1. The van der Waals surface area contributed by atoms with Crippen LogP contribution in [0.25, 0.3) is 0 Å². The second-order valence-corrected chi connectivity index (χ2v) is 7.48. The fourth-order valence-electron chi connectivity index (χ4n) is 2.54. The number of amides is 1. The Morgan fingerprint density at radius 3 is 2.00 bits per heavy atom. The molecule has 1 unspecified atom stereocenters. The third kappa shape index (κ3) is 5.70. The molecule has 2 nitrogen and oxygen atoms in total. The smallest absolute Gasteiger partial charge is 0.226 e. The van der Waals surface area contributed by atoms with Crippen LogP contribution in [0.15, 0.2) is 12.7 Å². The van der Waals surface area contributed by atoms with E-state index < -0.39 is 0 Å². The monoisotopic (exact) mass is 253 g/mol. The highest BCUT2D eigenvalue weighted by atomic mass is 16.2. The number of nitrogens with one attached hydrogen (secondary N) is 1. The SMILES string of the molecule is C=CCC(C)(CC)C(=O)NC(C)(C)CC(C)(C)C. The van der Waals surface area contributed by atoms with Crippen molar-refractivity contribution in [2.75, 3.05) is 0 Å². The maximum absolute atomic E-state index is 12.4. The fourth-order valence-corrected chi connectivity index (χ4v) is 2.54. The summed E-state index contributed by atoms with van der Waals surface area (Å²) in [4.78, 5) is 12.4. The average Bonchev–Trinajstić information content (AvgIpc) is 2.13. The molecule has 0 bridgehead atoms. The van der Waals surface area contributed by atoms with Crippen LogP contribution < -0.4 is 5.32 Å². The molecular weight excluding hydrogens is 222 g/mol. The van der Waals surface area contributed by atoms with Crippen molar-refractivity contribution in [2.45, 2.75) is 73.3 Å². The minimum Gasteiger partial charge on any atom is -0.351 e. The summed E-state index contributed by atoms with van der Waals surface area (Å²) in [6.07, 6.45) is 4.34. The standard InChI is InChI=1S/C16H31NO/c1-9-11-16(8,10-2)13(18)17-15(6,7)12-14(3,4)5/h9H,1,10-12H2,2-8H3,(H,17,18). The van der Waals surface area contributed by atoms with Crippen LogP contribution in [0.1, 0.15) is 67.7 Å². The van der Waals surface area contributed by atoms with Gasteiger partial charge in [-0.15, -0.1) is 6.58 Å². The highest BCUT2D eigenvalue weighted by Gasteiger charge is 2.35. The molecule has 0 aliphatic rings. The van der Waals surface area contributed by atoms with Gasteiger partial charge in [-0.3, -0.25) is 4.79 Å². The van der Waals surface area contributed by atoms with Gasteiger partial charge in [0, 0.05) is 11.0 Å². The number of hydrogen-bond donors (Lipinski definition) is 1. The van der Waals surface area contributed by atoms with Gasteiger partial charge in [0.1, 0.15) is 0 Å². The first-order chi connectivity index (χ1) is 7.96. The molecule has 0 radical (unpaired) electrons. The summed E-state index contributed by atoms with van der Waals surface area (Å²) in [5, 5.41) is 3.20. The van der Waals surface area contributed by atoms with Gasteiger partial charge in [0.15, 0.2) is 0 Å². The molecule has 1 amide bonds. The first-order valence-electron chi connectivity index (χ1n) is 6.89. The average molecular weight is 253 g/mol. The van der Waals surface area contributed by atoms with Crippen molar-refractivity contribution in [3.8, 4) is 0 Å². The zero-order chi connectivity index (χ0) is 14.6. The van der Waals surface area contributed by atoms with E-state index in [2.05, 4.69) is 53.4 Å². The summed E-state index contributed by atoms with van der Waals surface area (Å²) in [5.41, 5.74) is -0.304. The van der Waals surface area contributed by atoms with Crippen LogP contribution in [0, 0.1) is 10.8 Å². The van der Waals surface area contributed by atoms with Crippen LogP contribution in [-0.2, 0) is 4.79 Å². The van der Waals surface area contributed by atoms with E-state index >= 15 is 0 Å². The summed E-state index contributed by atoms with van der Waals surface area (Å²) in [5.74, 6) is 0.138. The second-order valence-electron chi connectivity index (χ2n) is 7.48. The highest BCUT2D eigenvalue weighted by molar-refractivity contribution is 5.83. The van der Waals surface area contributed by atoms with Crippen LogP contribution >= 0.6 is 0 Å². The van der Waals surface area contributed by atoms with Crippen molar-refractivity contribution < 1.29 is 4.79 Å². The van der Waals surface area contributed by atoms with Crippen LogP contribution in [0.3, 0.4) is 0 Å². The third-order valence-electron chi connectivity index (χ3n) is 3.35. The van der Waals surface area contributed by atoms with E-state index in [4.69, 9.17) is 0 Å². The minimum atomic E-state index is -0.336. The van der Waals surface area contributed by atoms with Crippen molar-refractivity contribution in [2.24, 2.45) is 10.8 Å². The van der Waals surface area contributed by atoms with Gasteiger partial charge in [-0.25, -0.2) is 0 Å². The fraction of sp³-hybridized carbons (Fsp3) is 0.812. The van der Waals surface area contributed by atoms with Gasteiger partial charge in [0.05, 0.1) is 0 Å². The summed E-state index contributed by atoms with van der Waals surface area (Å²) in [6.45, 7) is 18.6. The Morgan fingerprint density at radius 2 is 1.67 bits per heavy atom. The summed E-state index contributed by atoms with van der Waals surface area (Å²) in [6, 6.07) is 0. The van der Waals surface area contributed by atoms with E-state index in [0.29, 0.717) is 0 Å². The second kappa shape index (κ2) is 5.90. The first kappa shape index (κ1) is 17.2. The van der Waals surface area contributed by atoms with Crippen molar-refractivity contribution in [1.29, 1.82) is 0 Å². The van der Waals surface area contributed by atoms with Crippen LogP contribution in [0.4, 0.5) is 0 Å². The summed E-state index contributed by atoms with van der Waals surface area (Å²) >= 11 is 0. The van der Waals surface area contributed by atoms with Crippen LogP contribution in [-0.4, -0.2) is 11.4 Å². The zero-order valence-electron chi connectivity index (χ0n) is 13.3. The number of allylic oxidation sites excluding steroid dienone is 1. The minimum absolute atomic E-state index is 0.138. The normalized spacial score (nSPS) is 15.9. The number of carbonyl (C=O) groups is 1. The topological polar surface area (TPSA) is 29.1 Å². The lowest BCUT2D eigenvalue weighted by atomic mass is 9.79. The van der Waals surface area contributed by atoms with E-state index in [-0.39, 0.29) is 22.3 Å². The number of hydrogen-bond acceptors (Lipinski definition) is 1. The van der Waals surface area contributed by atoms with E-state index in [0.717, 1.165) is 19.3 Å². The van der Waals surface area contributed by atoms with Gasteiger partial charge < -0.3 is 5.32 Å². The van der Waals surface area contributed by atoms with Gasteiger partial charge in [0.2, 0.25) is 5.91 Å². The Kier molecular flexibility index (Phi) is 5.64. The van der Waals surface area contributed by atoms with Gasteiger partial charge in [-0.2, -0.15) is 0 Å². The molecule has 0 aromatic rings. The van der Waals surface area contributed by atoms with Crippen molar-refractivity contribution >= 4 is 5.91 Å². The molecule has 0 spiro atoms. The summed E-state index contributed by atoms with van der Waals surface area (Å²) in [7, 11) is 0. The zero-order valence-corrected chi connectivity index (χ0v) is 13.3. The highest BCUT2D eigenvalue weighted by Crippen LogP contribution is 2.30. The molecule has 1 N–H and O–H groups in total. The molecule has 0 rings (SSSR count). The van der Waals surface area contributed by atoms with E-state index in [1.165, 1.54) is 0 Å². The molecule has 0 saturated carbocycles. The molecule has 0 fully saturated rings. The molecule has 0 aliphatic heterocycles. The Bertz CT molecular complexity index is 299. The largest absolute Gasteiger partial charge is 0.351 e. The van der Waals surface area contributed by atoms with E-state index in [1.54, 1.807) is 0 Å². The lowest BCUT2D eigenvalue weighted by molar-refractivity contribution is -0.132. The Labute approximate surface area is 113 Å². The predicted octanol–water partition coefficient (Wildman–Crippen LogP) is 4.31. The molecule has 0 heterocycles. The molecule has 106 valence electrons. The maximum atomic E-state index is 12.4. The first-order valence-corrected chi connectivity index (χ1v) is 6.89. The van der Waals surface area contributed by atoms with E-state index in [1.807, 2.05) is 13.0 Å². The predicted molar refractivity (Wildman–Crippen MR) is 79.5 cm³/mol. The lowest BCUT2D eigenvalue weighted by Crippen LogP contribution is -2.51. The Morgan fingerprint density at radius 1 is 1.17 bits per heavy atom. The van der Waals surface area contributed by atoms with Gasteiger partial charge >= 0.3 is 0 Å². The summed E-state index contributed by atoms with van der Waals surface area (Å²) < 4.78 is 0. The van der Waals surface area contributed by atoms with Crippen molar-refractivity contribution in [1.82, 2.24) is 5.32 Å². The van der Waals surface area contributed by atoms with E-state index in [9.17, 15) is 4.79 Å². The molecule has 18 heavy (non-hydrogen) atoms. The van der Waals surface area contributed by atoms with Crippen molar-refractivity contribution in [3.05, 3.63) is 12.7 Å². The quantitative estimate of drug-likeness (QED) is 0.702. The molecule has 0 aromatic carbocycles. The molecule has 2 heteroatoms. The molecule has 0 aliphatic carbocycles. The molecule has 1 atom stereocenters. The Hall–Kier alpha value is -0.790. The lowest BCUT2D eigenvalue weighted by Gasteiger charge is -2.37. The number of rotatable bonds is 6. The molecular formula is C16H31NO. The van der Waals surface area contributed by atoms with Gasteiger partial charge in [-0.05, 0) is 38.5 Å². The van der Waals surface area contributed by atoms with Gasteiger partial charge in [0.25, 0.3) is 0 Å². The molecule has 0 aromatic heterocycles.